The van der Waals surface area contributed by atoms with E-state index in [2.05, 4.69) is 35.0 Å². The van der Waals surface area contributed by atoms with Crippen LogP contribution in [0.2, 0.25) is 0 Å². The SMILES string of the molecule is CC(C)COCC(NCc1ccnn1C1CCCC1)c1ccco1. The first kappa shape index (κ1) is 17.2. The van der Waals surface area contributed by atoms with Crippen molar-refractivity contribution in [2.45, 2.75) is 58.2 Å². The Balaban J connectivity index is 1.60. The molecule has 0 amide bonds. The van der Waals surface area contributed by atoms with E-state index in [9.17, 15) is 0 Å². The van der Waals surface area contributed by atoms with Gasteiger partial charge in [-0.25, -0.2) is 0 Å². The largest absolute Gasteiger partial charge is 0.468 e. The van der Waals surface area contributed by atoms with Gasteiger partial charge in [0.05, 0.1) is 30.6 Å². The third-order valence-corrected chi connectivity index (χ3v) is 4.57. The van der Waals surface area contributed by atoms with Crippen molar-refractivity contribution in [1.82, 2.24) is 15.1 Å². The lowest BCUT2D eigenvalue weighted by atomic mass is 10.2. The average Bonchev–Trinajstić information content (AvgIpc) is 3.32. The Hall–Kier alpha value is -1.59. The van der Waals surface area contributed by atoms with Crippen molar-refractivity contribution in [2.75, 3.05) is 13.2 Å². The molecule has 0 radical (unpaired) electrons. The molecule has 24 heavy (non-hydrogen) atoms. The molecule has 3 rings (SSSR count). The molecule has 0 spiro atoms. The van der Waals surface area contributed by atoms with E-state index in [1.54, 1.807) is 6.26 Å². The maximum atomic E-state index is 5.84. The van der Waals surface area contributed by atoms with Crippen molar-refractivity contribution in [3.05, 3.63) is 42.1 Å². The van der Waals surface area contributed by atoms with E-state index in [0.717, 1.165) is 18.9 Å². The van der Waals surface area contributed by atoms with Crippen molar-refractivity contribution in [1.29, 1.82) is 0 Å². The van der Waals surface area contributed by atoms with Gasteiger partial charge < -0.3 is 9.15 Å². The van der Waals surface area contributed by atoms with Crippen LogP contribution in [0.25, 0.3) is 0 Å². The zero-order valence-corrected chi connectivity index (χ0v) is 14.8. The molecular weight excluding hydrogens is 302 g/mol. The lowest BCUT2D eigenvalue weighted by Crippen LogP contribution is -2.27. The Morgan fingerprint density at radius 3 is 2.83 bits per heavy atom. The minimum atomic E-state index is 0.0608. The summed E-state index contributed by atoms with van der Waals surface area (Å²) >= 11 is 0. The summed E-state index contributed by atoms with van der Waals surface area (Å²) in [5.74, 6) is 1.46. The second kappa shape index (κ2) is 8.49. The molecule has 0 aliphatic heterocycles. The van der Waals surface area contributed by atoms with Crippen molar-refractivity contribution in [2.24, 2.45) is 5.92 Å². The number of nitrogens with one attached hydrogen (secondary N) is 1. The van der Waals surface area contributed by atoms with Crippen LogP contribution >= 0.6 is 0 Å². The number of ether oxygens (including phenoxy) is 1. The Kier molecular flexibility index (Phi) is 6.10. The molecule has 1 atom stereocenters. The van der Waals surface area contributed by atoms with E-state index < -0.39 is 0 Å². The zero-order chi connectivity index (χ0) is 16.8. The first-order valence-corrected chi connectivity index (χ1v) is 9.11. The van der Waals surface area contributed by atoms with Gasteiger partial charge in [0.2, 0.25) is 0 Å². The molecule has 0 bridgehead atoms. The number of aromatic nitrogens is 2. The summed E-state index contributed by atoms with van der Waals surface area (Å²) < 4.78 is 13.6. The fourth-order valence-electron chi connectivity index (χ4n) is 3.34. The Bertz CT molecular complexity index is 586. The average molecular weight is 331 g/mol. The molecule has 1 saturated carbocycles. The first-order chi connectivity index (χ1) is 11.7. The summed E-state index contributed by atoms with van der Waals surface area (Å²) in [5.41, 5.74) is 1.24. The summed E-state index contributed by atoms with van der Waals surface area (Å²) in [5, 5.41) is 8.13. The predicted molar refractivity (Wildman–Crippen MR) is 93.7 cm³/mol. The molecule has 2 heterocycles. The van der Waals surface area contributed by atoms with Crippen LogP contribution in [0.4, 0.5) is 0 Å². The van der Waals surface area contributed by atoms with Crippen molar-refractivity contribution < 1.29 is 9.15 Å². The Labute approximate surface area is 144 Å². The van der Waals surface area contributed by atoms with Gasteiger partial charge in [0.15, 0.2) is 0 Å². The fourth-order valence-corrected chi connectivity index (χ4v) is 3.34. The monoisotopic (exact) mass is 331 g/mol. The molecular formula is C19H29N3O2. The molecule has 1 aliphatic rings. The lowest BCUT2D eigenvalue weighted by Gasteiger charge is -2.19. The van der Waals surface area contributed by atoms with Crippen LogP contribution in [0.5, 0.6) is 0 Å². The molecule has 5 nitrogen and oxygen atoms in total. The highest BCUT2D eigenvalue weighted by atomic mass is 16.5. The topological polar surface area (TPSA) is 52.2 Å². The molecule has 1 aliphatic carbocycles. The van der Waals surface area contributed by atoms with Gasteiger partial charge in [-0.1, -0.05) is 26.7 Å². The molecule has 5 heteroatoms. The van der Waals surface area contributed by atoms with E-state index >= 15 is 0 Å². The Morgan fingerprint density at radius 2 is 2.12 bits per heavy atom. The minimum absolute atomic E-state index is 0.0608. The molecule has 1 N–H and O–H groups in total. The number of hydrogen-bond donors (Lipinski definition) is 1. The Morgan fingerprint density at radius 1 is 1.29 bits per heavy atom. The molecule has 2 aromatic rings. The highest BCUT2D eigenvalue weighted by molar-refractivity contribution is 5.07. The third kappa shape index (κ3) is 4.48. The van der Waals surface area contributed by atoms with Crippen LogP contribution in [-0.2, 0) is 11.3 Å². The van der Waals surface area contributed by atoms with Crippen molar-refractivity contribution >= 4 is 0 Å². The molecule has 2 aromatic heterocycles. The zero-order valence-electron chi connectivity index (χ0n) is 14.8. The summed E-state index contributed by atoms with van der Waals surface area (Å²) in [4.78, 5) is 0. The maximum absolute atomic E-state index is 5.84. The van der Waals surface area contributed by atoms with Crippen LogP contribution in [0.3, 0.4) is 0 Å². The standard InChI is InChI=1S/C19H29N3O2/c1-15(2)13-23-14-18(19-8-5-11-24-19)20-12-17-9-10-21-22(17)16-6-3-4-7-16/h5,8-11,15-16,18,20H,3-4,6-7,12-14H2,1-2H3. The van der Waals surface area contributed by atoms with Crippen LogP contribution in [-0.4, -0.2) is 23.0 Å². The number of rotatable bonds is 9. The van der Waals surface area contributed by atoms with Gasteiger partial charge in [-0.3, -0.25) is 10.00 Å². The fraction of sp³-hybridized carbons (Fsp3) is 0.632. The highest BCUT2D eigenvalue weighted by Crippen LogP contribution is 2.29. The van der Waals surface area contributed by atoms with Crippen LogP contribution < -0.4 is 5.32 Å². The maximum Gasteiger partial charge on any atom is 0.123 e. The smallest absolute Gasteiger partial charge is 0.123 e. The predicted octanol–water partition coefficient (Wildman–Crippen LogP) is 4.09. The molecule has 1 unspecified atom stereocenters. The number of furan rings is 1. The molecule has 0 aromatic carbocycles. The highest BCUT2D eigenvalue weighted by Gasteiger charge is 2.21. The number of nitrogens with zero attached hydrogens (tertiary/aromatic N) is 2. The van der Waals surface area contributed by atoms with Gasteiger partial charge in [0.25, 0.3) is 0 Å². The van der Waals surface area contributed by atoms with Gasteiger partial charge >= 0.3 is 0 Å². The summed E-state index contributed by atoms with van der Waals surface area (Å²) in [6, 6.07) is 6.67. The van der Waals surface area contributed by atoms with Gasteiger partial charge in [-0.2, -0.15) is 5.10 Å². The van der Waals surface area contributed by atoms with E-state index in [0.29, 0.717) is 18.6 Å². The van der Waals surface area contributed by atoms with Crippen molar-refractivity contribution in [3.63, 3.8) is 0 Å². The van der Waals surface area contributed by atoms with Gasteiger partial charge in [0.1, 0.15) is 5.76 Å². The van der Waals surface area contributed by atoms with Crippen molar-refractivity contribution in [3.8, 4) is 0 Å². The second-order valence-electron chi connectivity index (χ2n) is 7.09. The summed E-state index contributed by atoms with van der Waals surface area (Å²) in [6.45, 7) is 6.47. The van der Waals surface area contributed by atoms with Crippen LogP contribution in [0.15, 0.2) is 35.1 Å². The van der Waals surface area contributed by atoms with Gasteiger partial charge in [-0.15, -0.1) is 0 Å². The number of hydrogen-bond acceptors (Lipinski definition) is 4. The normalized spacial score (nSPS) is 17.0. The summed E-state index contributed by atoms with van der Waals surface area (Å²) in [7, 11) is 0. The molecule has 132 valence electrons. The van der Waals surface area contributed by atoms with E-state index in [1.165, 1.54) is 31.4 Å². The van der Waals surface area contributed by atoms with E-state index in [-0.39, 0.29) is 6.04 Å². The van der Waals surface area contributed by atoms with Crippen LogP contribution in [0, 0.1) is 5.92 Å². The first-order valence-electron chi connectivity index (χ1n) is 9.11. The third-order valence-electron chi connectivity index (χ3n) is 4.57. The second-order valence-corrected chi connectivity index (χ2v) is 7.09. The lowest BCUT2D eigenvalue weighted by molar-refractivity contribution is 0.0842. The summed E-state index contributed by atoms with van der Waals surface area (Å²) in [6.07, 6.45) is 8.74. The van der Waals surface area contributed by atoms with Gasteiger partial charge in [0, 0.05) is 19.3 Å². The van der Waals surface area contributed by atoms with E-state index in [4.69, 9.17) is 9.15 Å². The van der Waals surface area contributed by atoms with E-state index in [1.807, 2.05) is 18.3 Å². The van der Waals surface area contributed by atoms with Gasteiger partial charge in [-0.05, 0) is 37.0 Å². The molecule has 0 saturated heterocycles. The van der Waals surface area contributed by atoms with Crippen LogP contribution in [0.1, 0.15) is 63.1 Å². The quantitative estimate of drug-likeness (QED) is 0.752. The minimum Gasteiger partial charge on any atom is -0.468 e. The molecule has 1 fully saturated rings.